The third-order valence-corrected chi connectivity index (χ3v) is 7.05. The van der Waals surface area contributed by atoms with Gasteiger partial charge in [-0.3, -0.25) is 0 Å². The normalized spacial score (nSPS) is 17.7. The molecule has 2 aromatic carbocycles. The largest absolute Gasteiger partial charge is 0.508 e. The molecule has 2 N–H and O–H groups in total. The van der Waals surface area contributed by atoms with Crippen molar-refractivity contribution in [2.75, 3.05) is 31.2 Å². The summed E-state index contributed by atoms with van der Waals surface area (Å²) in [5.41, 5.74) is 5.54. The molecule has 1 saturated heterocycles. The van der Waals surface area contributed by atoms with Gasteiger partial charge in [-0.15, -0.1) is 0 Å². The Kier molecular flexibility index (Phi) is 5.73. The first-order valence-corrected chi connectivity index (χ1v) is 12.2. The summed E-state index contributed by atoms with van der Waals surface area (Å²) in [7, 11) is 0. The van der Waals surface area contributed by atoms with Crippen molar-refractivity contribution in [1.82, 2.24) is 15.0 Å². The van der Waals surface area contributed by atoms with Gasteiger partial charge in [0.15, 0.2) is 0 Å². The van der Waals surface area contributed by atoms with E-state index in [4.69, 9.17) is 14.7 Å². The maximum Gasteiger partial charge on any atom is 0.354 e. The van der Waals surface area contributed by atoms with E-state index in [1.807, 2.05) is 18.2 Å². The van der Waals surface area contributed by atoms with Crippen molar-refractivity contribution in [1.29, 1.82) is 0 Å². The number of anilines is 1. The van der Waals surface area contributed by atoms with Crippen LogP contribution < -0.4 is 4.90 Å². The zero-order valence-corrected chi connectivity index (χ0v) is 19.7. The van der Waals surface area contributed by atoms with Crippen LogP contribution in [0, 0.1) is 0 Å². The van der Waals surface area contributed by atoms with Gasteiger partial charge >= 0.3 is 5.97 Å². The third kappa shape index (κ3) is 4.03. The Hall–Kier alpha value is -4.04. The number of pyridine rings is 1. The fraction of sp³-hybridized carbons (Fsp3) is 0.286. The van der Waals surface area contributed by atoms with Gasteiger partial charge in [0.1, 0.15) is 22.7 Å². The molecule has 6 rings (SSSR count). The van der Waals surface area contributed by atoms with Crippen molar-refractivity contribution in [3.63, 3.8) is 0 Å². The van der Waals surface area contributed by atoms with E-state index in [-0.39, 0.29) is 17.4 Å². The van der Waals surface area contributed by atoms with Crippen LogP contribution in [-0.2, 0) is 11.2 Å². The lowest BCUT2D eigenvalue weighted by Gasteiger charge is -2.29. The molecule has 0 amide bonds. The van der Waals surface area contributed by atoms with Crippen LogP contribution in [0.4, 0.5) is 5.95 Å². The number of aromatic carboxylic acids is 1. The number of phenolic OH excluding ortho intramolecular Hbond substituents is 1. The molecular weight excluding hydrogens is 456 g/mol. The number of morpholine rings is 1. The lowest BCUT2D eigenvalue weighted by molar-refractivity contribution is 0.0690. The van der Waals surface area contributed by atoms with Crippen molar-refractivity contribution >= 4 is 23.0 Å². The fourth-order valence-electron chi connectivity index (χ4n) is 5.33. The summed E-state index contributed by atoms with van der Waals surface area (Å²) in [6.07, 6.45) is 2.91. The van der Waals surface area contributed by atoms with Crippen LogP contribution in [-0.4, -0.2) is 57.4 Å². The number of ether oxygens (including phenoxy) is 1. The number of hydrogen-bond acceptors (Lipinski definition) is 7. The number of aryl methyl sites for hydroxylation is 1. The molecule has 8 nitrogen and oxygen atoms in total. The Labute approximate surface area is 208 Å². The van der Waals surface area contributed by atoms with Crippen LogP contribution in [0.5, 0.6) is 5.75 Å². The van der Waals surface area contributed by atoms with Crippen LogP contribution in [0.15, 0.2) is 54.6 Å². The molecule has 2 aromatic heterocycles. The SMILES string of the molecule is O=C(O)c1cc([C@@H]2CCCc3ccccc32)c2nc(N3CCOCC3)nc(-c3cccc(O)c3)c2n1. The second-order valence-electron chi connectivity index (χ2n) is 9.26. The number of nitrogens with zero attached hydrogens (tertiary/aromatic N) is 4. The number of carboxylic acids is 1. The van der Waals surface area contributed by atoms with Crippen molar-refractivity contribution in [3.8, 4) is 17.0 Å². The molecule has 0 spiro atoms. The maximum absolute atomic E-state index is 12.2. The average Bonchev–Trinajstić information content (AvgIpc) is 2.92. The number of phenols is 1. The molecule has 0 radical (unpaired) electrons. The van der Waals surface area contributed by atoms with Gasteiger partial charge in [-0.1, -0.05) is 36.4 Å². The Morgan fingerprint density at radius 1 is 0.944 bits per heavy atom. The number of aromatic nitrogens is 3. The Morgan fingerprint density at radius 2 is 1.78 bits per heavy atom. The summed E-state index contributed by atoms with van der Waals surface area (Å²) in [6, 6.07) is 16.8. The number of carboxylic acid groups (broad SMARTS) is 1. The van der Waals surface area contributed by atoms with Crippen LogP contribution in [0.2, 0.25) is 0 Å². The Bertz CT molecular complexity index is 1470. The minimum Gasteiger partial charge on any atom is -0.508 e. The fourth-order valence-corrected chi connectivity index (χ4v) is 5.33. The summed E-state index contributed by atoms with van der Waals surface area (Å²) in [4.78, 5) is 28.6. The number of carbonyl (C=O) groups is 1. The van der Waals surface area contributed by atoms with E-state index in [1.54, 1.807) is 24.3 Å². The lowest BCUT2D eigenvalue weighted by Crippen LogP contribution is -2.37. The van der Waals surface area contributed by atoms with E-state index in [2.05, 4.69) is 22.0 Å². The summed E-state index contributed by atoms with van der Waals surface area (Å²) in [5.74, 6) is -0.438. The molecule has 36 heavy (non-hydrogen) atoms. The molecule has 182 valence electrons. The van der Waals surface area contributed by atoms with Crippen molar-refractivity contribution in [2.24, 2.45) is 0 Å². The standard InChI is InChI=1S/C28H26N4O4/c33-19-8-3-7-18(15-19)24-26-25(31-28(30-24)32-11-13-36-14-12-32)22(16-23(29-26)27(34)35)21-10-4-6-17-5-1-2-9-20(17)21/h1-3,5,7-9,15-16,21,33H,4,6,10-14H2,(H,34,35)/t21-/m1/s1. The van der Waals surface area contributed by atoms with E-state index in [0.29, 0.717) is 54.5 Å². The molecule has 1 fully saturated rings. The molecule has 4 aromatic rings. The van der Waals surface area contributed by atoms with E-state index in [9.17, 15) is 15.0 Å². The molecule has 1 aliphatic carbocycles. The van der Waals surface area contributed by atoms with Gasteiger partial charge in [-0.25, -0.2) is 19.7 Å². The third-order valence-electron chi connectivity index (χ3n) is 7.05. The van der Waals surface area contributed by atoms with Gasteiger partial charge in [0.05, 0.1) is 18.7 Å². The van der Waals surface area contributed by atoms with Crippen molar-refractivity contribution < 1.29 is 19.7 Å². The van der Waals surface area contributed by atoms with Gasteiger partial charge in [0, 0.05) is 24.6 Å². The molecule has 1 atom stereocenters. The second-order valence-corrected chi connectivity index (χ2v) is 9.26. The minimum atomic E-state index is -1.10. The monoisotopic (exact) mass is 482 g/mol. The van der Waals surface area contributed by atoms with Crippen molar-refractivity contribution in [2.45, 2.75) is 25.2 Å². The van der Waals surface area contributed by atoms with Gasteiger partial charge in [0.2, 0.25) is 5.95 Å². The van der Waals surface area contributed by atoms with E-state index < -0.39 is 5.97 Å². The number of rotatable bonds is 4. The van der Waals surface area contributed by atoms with Gasteiger partial charge in [-0.2, -0.15) is 0 Å². The highest BCUT2D eigenvalue weighted by molar-refractivity contribution is 5.96. The summed E-state index contributed by atoms with van der Waals surface area (Å²) in [5, 5.41) is 20.2. The smallest absolute Gasteiger partial charge is 0.354 e. The van der Waals surface area contributed by atoms with E-state index in [1.165, 1.54) is 11.1 Å². The summed E-state index contributed by atoms with van der Waals surface area (Å²) >= 11 is 0. The van der Waals surface area contributed by atoms with Crippen molar-refractivity contribution in [3.05, 3.63) is 77.0 Å². The first kappa shape index (κ1) is 22.4. The predicted molar refractivity (Wildman–Crippen MR) is 136 cm³/mol. The molecule has 0 unspecified atom stereocenters. The highest BCUT2D eigenvalue weighted by Gasteiger charge is 2.28. The van der Waals surface area contributed by atoms with Crippen LogP contribution >= 0.6 is 0 Å². The molecular formula is C28H26N4O4. The highest BCUT2D eigenvalue weighted by atomic mass is 16.5. The molecule has 1 aliphatic heterocycles. The number of aromatic hydroxyl groups is 1. The zero-order chi connectivity index (χ0) is 24.6. The van der Waals surface area contributed by atoms with E-state index >= 15 is 0 Å². The zero-order valence-electron chi connectivity index (χ0n) is 19.7. The minimum absolute atomic E-state index is 0.00279. The molecule has 2 aliphatic rings. The Morgan fingerprint density at radius 3 is 2.58 bits per heavy atom. The van der Waals surface area contributed by atoms with E-state index in [0.717, 1.165) is 24.8 Å². The lowest BCUT2D eigenvalue weighted by atomic mass is 9.78. The Balaban J connectivity index is 1.65. The summed E-state index contributed by atoms with van der Waals surface area (Å²) < 4.78 is 5.53. The van der Waals surface area contributed by atoms with Gasteiger partial charge in [-0.05, 0) is 54.2 Å². The van der Waals surface area contributed by atoms with Crippen LogP contribution in [0.1, 0.15) is 45.9 Å². The quantitative estimate of drug-likeness (QED) is 0.441. The molecule has 0 bridgehead atoms. The van der Waals surface area contributed by atoms with Crippen LogP contribution in [0.25, 0.3) is 22.3 Å². The predicted octanol–water partition coefficient (Wildman–Crippen LogP) is 4.40. The maximum atomic E-state index is 12.2. The number of fused-ring (bicyclic) bond motifs is 2. The second kappa shape index (κ2) is 9.20. The highest BCUT2D eigenvalue weighted by Crippen LogP contribution is 2.41. The van der Waals surface area contributed by atoms with Crippen LogP contribution in [0.3, 0.4) is 0 Å². The first-order chi connectivity index (χ1) is 17.6. The molecule has 0 saturated carbocycles. The first-order valence-electron chi connectivity index (χ1n) is 12.2. The summed E-state index contributed by atoms with van der Waals surface area (Å²) in [6.45, 7) is 2.49. The average molecular weight is 483 g/mol. The number of hydrogen-bond donors (Lipinski definition) is 2. The topological polar surface area (TPSA) is 109 Å². The number of benzene rings is 2. The molecule has 8 heteroatoms. The van der Waals surface area contributed by atoms with Gasteiger partial charge in [0.25, 0.3) is 0 Å². The van der Waals surface area contributed by atoms with Gasteiger partial charge < -0.3 is 19.8 Å². The molecule has 3 heterocycles.